The maximum Gasteiger partial charge on any atom is 0.342 e. The molecule has 8 heteroatoms. The Kier molecular flexibility index (Phi) is 7.84. The number of rotatable bonds is 9. The number of para-hydroxylation sites is 1. The highest BCUT2D eigenvalue weighted by Gasteiger charge is 2.23. The van der Waals surface area contributed by atoms with Gasteiger partial charge in [0, 0.05) is 6.54 Å². The summed E-state index contributed by atoms with van der Waals surface area (Å²) in [6.07, 6.45) is 0.646. The van der Waals surface area contributed by atoms with Crippen molar-refractivity contribution in [2.24, 2.45) is 0 Å². The lowest BCUT2D eigenvalue weighted by molar-refractivity contribution is -0.124. The van der Waals surface area contributed by atoms with E-state index in [0.29, 0.717) is 18.5 Å². The van der Waals surface area contributed by atoms with E-state index in [1.54, 1.807) is 38.1 Å². The molecule has 3 aromatic rings. The van der Waals surface area contributed by atoms with E-state index in [9.17, 15) is 18.0 Å². The van der Waals surface area contributed by atoms with Crippen LogP contribution in [0.15, 0.2) is 77.7 Å². The largest absolute Gasteiger partial charge is 0.452 e. The minimum absolute atomic E-state index is 0.0171. The van der Waals surface area contributed by atoms with Crippen LogP contribution in [0.25, 0.3) is 0 Å². The molecule has 0 saturated heterocycles. The number of esters is 1. The van der Waals surface area contributed by atoms with Crippen LogP contribution >= 0.6 is 0 Å². The van der Waals surface area contributed by atoms with Crippen LogP contribution in [0.4, 0.5) is 0 Å². The van der Waals surface area contributed by atoms with Gasteiger partial charge in [0.15, 0.2) is 12.4 Å². The van der Waals surface area contributed by atoms with Gasteiger partial charge in [-0.05, 0) is 55.2 Å². The summed E-state index contributed by atoms with van der Waals surface area (Å²) >= 11 is 0. The predicted molar refractivity (Wildman–Crippen MR) is 124 cm³/mol. The molecule has 3 rings (SSSR count). The predicted octanol–water partition coefficient (Wildman–Crippen LogP) is 3.59. The summed E-state index contributed by atoms with van der Waals surface area (Å²) < 4.78 is 36.0. The molecular weight excluding hydrogens is 442 g/mol. The standard InChI is InChI=1S/C25H25NO6S/c1-18-12-13-19(2)23(16-18)33(29,30)32-22-11-7-6-10-21(22)25(28)31-17-24(27)26-15-14-20-8-4-3-5-9-20/h3-13,16H,14-15,17H2,1-2H3,(H,26,27). The SMILES string of the molecule is Cc1ccc(C)c(S(=O)(=O)Oc2ccccc2C(=O)OCC(=O)NCCc2ccccc2)c1. The second-order valence-electron chi connectivity index (χ2n) is 7.46. The van der Waals surface area contributed by atoms with Gasteiger partial charge >= 0.3 is 16.1 Å². The van der Waals surface area contributed by atoms with Crippen LogP contribution in [0, 0.1) is 13.8 Å². The van der Waals surface area contributed by atoms with Crippen LogP contribution in [-0.4, -0.2) is 33.4 Å². The lowest BCUT2D eigenvalue weighted by Gasteiger charge is -2.13. The number of benzene rings is 3. The maximum absolute atomic E-state index is 12.8. The molecule has 0 aromatic heterocycles. The summed E-state index contributed by atoms with van der Waals surface area (Å²) in [7, 11) is -4.18. The summed E-state index contributed by atoms with van der Waals surface area (Å²) in [5.74, 6) is -1.49. The lowest BCUT2D eigenvalue weighted by Crippen LogP contribution is -2.30. The molecule has 0 aliphatic carbocycles. The van der Waals surface area contributed by atoms with E-state index >= 15 is 0 Å². The highest BCUT2D eigenvalue weighted by molar-refractivity contribution is 7.87. The van der Waals surface area contributed by atoms with Gasteiger partial charge in [0.05, 0.1) is 0 Å². The molecule has 0 spiro atoms. The molecule has 0 fully saturated rings. The van der Waals surface area contributed by atoms with Gasteiger partial charge in [-0.1, -0.05) is 54.6 Å². The van der Waals surface area contributed by atoms with Gasteiger partial charge < -0.3 is 14.2 Å². The van der Waals surface area contributed by atoms with Crippen molar-refractivity contribution < 1.29 is 26.9 Å². The van der Waals surface area contributed by atoms with E-state index in [1.807, 2.05) is 30.3 Å². The normalized spacial score (nSPS) is 11.0. The number of hydrogen-bond donors (Lipinski definition) is 1. The number of nitrogens with one attached hydrogen (secondary N) is 1. The first-order chi connectivity index (χ1) is 15.8. The second kappa shape index (κ2) is 10.8. The van der Waals surface area contributed by atoms with E-state index in [0.717, 1.165) is 11.1 Å². The van der Waals surface area contributed by atoms with Gasteiger partial charge in [-0.3, -0.25) is 4.79 Å². The van der Waals surface area contributed by atoms with Crippen molar-refractivity contribution in [1.29, 1.82) is 0 Å². The molecule has 0 radical (unpaired) electrons. The van der Waals surface area contributed by atoms with Crippen LogP contribution in [0.1, 0.15) is 27.0 Å². The molecule has 1 N–H and O–H groups in total. The van der Waals surface area contributed by atoms with Gasteiger partial charge in [0.2, 0.25) is 0 Å². The summed E-state index contributed by atoms with van der Waals surface area (Å²) in [5.41, 5.74) is 2.26. The zero-order valence-corrected chi connectivity index (χ0v) is 19.2. The Labute approximate surface area is 193 Å². The van der Waals surface area contributed by atoms with E-state index in [-0.39, 0.29) is 16.2 Å². The highest BCUT2D eigenvalue weighted by atomic mass is 32.2. The first-order valence-electron chi connectivity index (χ1n) is 10.3. The third kappa shape index (κ3) is 6.66. The van der Waals surface area contributed by atoms with Gasteiger partial charge in [-0.15, -0.1) is 0 Å². The van der Waals surface area contributed by atoms with E-state index in [2.05, 4.69) is 5.32 Å². The quantitative estimate of drug-likeness (QED) is 0.381. The number of amides is 1. The molecule has 172 valence electrons. The molecule has 0 heterocycles. The molecule has 0 aliphatic rings. The summed E-state index contributed by atoms with van der Waals surface area (Å²) in [5, 5.41) is 2.68. The molecule has 0 saturated carbocycles. The average molecular weight is 468 g/mol. The average Bonchev–Trinajstić information content (AvgIpc) is 2.80. The monoisotopic (exact) mass is 467 g/mol. The fraction of sp³-hybridized carbons (Fsp3) is 0.200. The maximum atomic E-state index is 12.8. The van der Waals surface area contributed by atoms with E-state index < -0.39 is 28.6 Å². The van der Waals surface area contributed by atoms with Crippen LogP contribution < -0.4 is 9.50 Å². The van der Waals surface area contributed by atoms with Crippen LogP contribution in [0.3, 0.4) is 0 Å². The van der Waals surface area contributed by atoms with Crippen LogP contribution in [-0.2, 0) is 26.1 Å². The molecule has 0 unspecified atom stereocenters. The number of ether oxygens (including phenoxy) is 1. The summed E-state index contributed by atoms with van der Waals surface area (Å²) in [6.45, 7) is 3.33. The summed E-state index contributed by atoms with van der Waals surface area (Å²) in [6, 6.07) is 20.5. The molecule has 0 aliphatic heterocycles. The van der Waals surface area contributed by atoms with Crippen molar-refractivity contribution in [3.63, 3.8) is 0 Å². The van der Waals surface area contributed by atoms with Crippen molar-refractivity contribution in [2.75, 3.05) is 13.2 Å². The van der Waals surface area contributed by atoms with Crippen LogP contribution in [0.2, 0.25) is 0 Å². The smallest absolute Gasteiger partial charge is 0.342 e. The zero-order valence-electron chi connectivity index (χ0n) is 18.4. The van der Waals surface area contributed by atoms with Crippen LogP contribution in [0.5, 0.6) is 5.75 Å². The molecular formula is C25H25NO6S. The molecule has 7 nitrogen and oxygen atoms in total. The number of carbonyl (C=O) groups excluding carboxylic acids is 2. The number of aryl methyl sites for hydroxylation is 2. The second-order valence-corrected chi connectivity index (χ2v) is 8.98. The van der Waals surface area contributed by atoms with Crippen molar-refractivity contribution in [1.82, 2.24) is 5.32 Å². The van der Waals surface area contributed by atoms with Gasteiger partial charge in [-0.25, -0.2) is 4.79 Å². The minimum Gasteiger partial charge on any atom is -0.452 e. The first-order valence-corrected chi connectivity index (χ1v) is 11.8. The molecule has 0 atom stereocenters. The Balaban J connectivity index is 1.61. The van der Waals surface area contributed by atoms with Gasteiger partial charge in [-0.2, -0.15) is 8.42 Å². The third-order valence-corrected chi connectivity index (χ3v) is 6.21. The van der Waals surface area contributed by atoms with E-state index in [1.165, 1.54) is 18.2 Å². The number of hydrogen-bond acceptors (Lipinski definition) is 6. The van der Waals surface area contributed by atoms with Gasteiger partial charge in [0.25, 0.3) is 5.91 Å². The lowest BCUT2D eigenvalue weighted by atomic mass is 10.1. The highest BCUT2D eigenvalue weighted by Crippen LogP contribution is 2.25. The Morgan fingerprint density at radius 2 is 1.61 bits per heavy atom. The van der Waals surface area contributed by atoms with E-state index in [4.69, 9.17) is 8.92 Å². The van der Waals surface area contributed by atoms with Crippen molar-refractivity contribution in [2.45, 2.75) is 25.2 Å². The first kappa shape index (κ1) is 24.0. The fourth-order valence-electron chi connectivity index (χ4n) is 3.10. The topological polar surface area (TPSA) is 98.8 Å². The third-order valence-electron chi connectivity index (χ3n) is 4.83. The fourth-order valence-corrected chi connectivity index (χ4v) is 4.36. The van der Waals surface area contributed by atoms with Crippen molar-refractivity contribution in [3.8, 4) is 5.75 Å². The van der Waals surface area contributed by atoms with Gasteiger partial charge in [0.1, 0.15) is 10.5 Å². The summed E-state index contributed by atoms with van der Waals surface area (Å²) in [4.78, 5) is 24.6. The minimum atomic E-state index is -4.18. The Hall–Kier alpha value is -3.65. The van der Waals surface area contributed by atoms with Crippen molar-refractivity contribution >= 4 is 22.0 Å². The molecule has 1 amide bonds. The molecule has 33 heavy (non-hydrogen) atoms. The Morgan fingerprint density at radius 1 is 0.909 bits per heavy atom. The Bertz CT molecular complexity index is 1240. The molecule has 0 bridgehead atoms. The Morgan fingerprint density at radius 3 is 2.36 bits per heavy atom. The zero-order chi connectivity index (χ0) is 23.8. The van der Waals surface area contributed by atoms with Crippen molar-refractivity contribution in [3.05, 3.63) is 95.1 Å². The number of carbonyl (C=O) groups is 2. The molecule has 3 aromatic carbocycles.